The van der Waals surface area contributed by atoms with Crippen molar-refractivity contribution in [1.29, 1.82) is 0 Å². The average Bonchev–Trinajstić information content (AvgIpc) is 2.24. The molecule has 3 N–H and O–H groups in total. The Hall–Kier alpha value is -0.770. The second-order valence-corrected chi connectivity index (χ2v) is 3.93. The number of nitrogens with zero attached hydrogens (tertiary/aromatic N) is 2. The zero-order valence-corrected chi connectivity index (χ0v) is 10.6. The Balaban J connectivity index is 3.60. The molecule has 0 saturated heterocycles. The van der Waals surface area contributed by atoms with Crippen LogP contribution >= 0.6 is 0 Å². The second-order valence-electron chi connectivity index (χ2n) is 3.93. The van der Waals surface area contributed by atoms with Gasteiger partial charge in [-0.2, -0.15) is 0 Å². The lowest BCUT2D eigenvalue weighted by molar-refractivity contribution is 0.256. The minimum Gasteiger partial charge on any atom is -0.370 e. The molecular weight excluding hydrogens is 188 g/mol. The van der Waals surface area contributed by atoms with Crippen LogP contribution < -0.4 is 11.1 Å². The van der Waals surface area contributed by atoms with E-state index in [0.29, 0.717) is 12.0 Å². The lowest BCUT2D eigenvalue weighted by Crippen LogP contribution is -2.39. The first-order chi connectivity index (χ1) is 7.11. The fourth-order valence-electron chi connectivity index (χ4n) is 1.18. The van der Waals surface area contributed by atoms with Crippen LogP contribution in [-0.4, -0.2) is 43.6 Å². The Kier molecular flexibility index (Phi) is 8.09. The summed E-state index contributed by atoms with van der Waals surface area (Å²) in [6, 6.07) is 0.626. The Labute approximate surface area is 93.9 Å². The minimum atomic E-state index is 0.564. The van der Waals surface area contributed by atoms with Crippen LogP contribution in [-0.2, 0) is 0 Å². The molecule has 0 radical (unpaired) electrons. The predicted molar refractivity (Wildman–Crippen MR) is 67.2 cm³/mol. The molecule has 0 aromatic heterocycles. The van der Waals surface area contributed by atoms with Gasteiger partial charge in [-0.25, -0.2) is 0 Å². The molecule has 0 heterocycles. The molecule has 0 rings (SSSR count). The monoisotopic (exact) mass is 214 g/mol. The van der Waals surface area contributed by atoms with Crippen molar-refractivity contribution in [3.8, 4) is 0 Å². The number of likely N-dealkylation sites (N-methyl/N-ethyl adjacent to an activating group) is 1. The summed E-state index contributed by atoms with van der Waals surface area (Å²) in [6.07, 6.45) is 2.21. The summed E-state index contributed by atoms with van der Waals surface area (Å²) < 4.78 is 0. The van der Waals surface area contributed by atoms with Crippen molar-refractivity contribution in [2.24, 2.45) is 10.7 Å². The zero-order chi connectivity index (χ0) is 11.7. The molecule has 1 atom stereocenters. The molecule has 0 aromatic rings. The van der Waals surface area contributed by atoms with Gasteiger partial charge in [-0.3, -0.25) is 4.99 Å². The molecule has 0 saturated carbocycles. The van der Waals surface area contributed by atoms with Crippen LogP contribution in [0.25, 0.3) is 0 Å². The minimum absolute atomic E-state index is 0.564. The number of guanidine groups is 1. The summed E-state index contributed by atoms with van der Waals surface area (Å²) in [5.74, 6) is 0.564. The van der Waals surface area contributed by atoms with Crippen LogP contribution in [0.1, 0.15) is 33.6 Å². The van der Waals surface area contributed by atoms with Gasteiger partial charge in [0.15, 0.2) is 5.96 Å². The Morgan fingerprint density at radius 2 is 2.13 bits per heavy atom. The quantitative estimate of drug-likeness (QED) is 0.491. The van der Waals surface area contributed by atoms with E-state index in [1.54, 1.807) is 0 Å². The van der Waals surface area contributed by atoms with Crippen LogP contribution in [0.2, 0.25) is 0 Å². The van der Waals surface area contributed by atoms with E-state index in [9.17, 15) is 0 Å². The first-order valence-electron chi connectivity index (χ1n) is 5.85. The Bertz CT molecular complexity index is 179. The van der Waals surface area contributed by atoms with Gasteiger partial charge < -0.3 is 16.0 Å². The van der Waals surface area contributed by atoms with Gasteiger partial charge in [-0.1, -0.05) is 13.8 Å². The summed E-state index contributed by atoms with van der Waals surface area (Å²) >= 11 is 0. The van der Waals surface area contributed by atoms with Gasteiger partial charge in [-0.15, -0.1) is 0 Å². The van der Waals surface area contributed by atoms with Gasteiger partial charge >= 0.3 is 0 Å². The van der Waals surface area contributed by atoms with E-state index in [-0.39, 0.29) is 0 Å². The number of hydrogen-bond acceptors (Lipinski definition) is 2. The molecule has 0 aliphatic rings. The molecule has 0 aliphatic heterocycles. The summed E-state index contributed by atoms with van der Waals surface area (Å²) in [7, 11) is 2.13. The molecule has 0 spiro atoms. The Morgan fingerprint density at radius 3 is 2.67 bits per heavy atom. The highest BCUT2D eigenvalue weighted by Gasteiger charge is 2.05. The van der Waals surface area contributed by atoms with Gasteiger partial charge in [0.05, 0.1) is 0 Å². The first-order valence-corrected chi connectivity index (χ1v) is 5.85. The van der Waals surface area contributed by atoms with Crippen molar-refractivity contribution < 1.29 is 0 Å². The molecule has 90 valence electrons. The van der Waals surface area contributed by atoms with Gasteiger partial charge in [0.2, 0.25) is 0 Å². The maximum atomic E-state index is 5.67. The van der Waals surface area contributed by atoms with Crippen LogP contribution in [0.4, 0.5) is 0 Å². The molecule has 1 unspecified atom stereocenters. The average molecular weight is 214 g/mol. The second kappa shape index (κ2) is 8.53. The van der Waals surface area contributed by atoms with Gasteiger partial charge in [0.25, 0.3) is 0 Å². The highest BCUT2D eigenvalue weighted by atomic mass is 15.2. The predicted octanol–water partition coefficient (Wildman–Crippen LogP) is 1.03. The van der Waals surface area contributed by atoms with Crippen LogP contribution in [0.5, 0.6) is 0 Å². The smallest absolute Gasteiger partial charge is 0.188 e. The van der Waals surface area contributed by atoms with E-state index in [1.165, 1.54) is 6.42 Å². The summed E-state index contributed by atoms with van der Waals surface area (Å²) in [4.78, 5) is 6.49. The van der Waals surface area contributed by atoms with Crippen LogP contribution in [0.3, 0.4) is 0 Å². The number of nitrogens with two attached hydrogens (primary N) is 1. The van der Waals surface area contributed by atoms with Crippen molar-refractivity contribution in [3.05, 3.63) is 0 Å². The number of hydrogen-bond donors (Lipinski definition) is 2. The SMILES string of the molecule is CCCN=C(N)NCCN(C)C(C)CC. The van der Waals surface area contributed by atoms with Gasteiger partial charge in [0.1, 0.15) is 0 Å². The van der Waals surface area contributed by atoms with Gasteiger partial charge in [0, 0.05) is 25.7 Å². The molecular formula is C11H26N4. The van der Waals surface area contributed by atoms with E-state index in [0.717, 1.165) is 26.1 Å². The van der Waals surface area contributed by atoms with E-state index < -0.39 is 0 Å². The molecule has 0 bridgehead atoms. The van der Waals surface area contributed by atoms with Crippen molar-refractivity contribution >= 4 is 5.96 Å². The first kappa shape index (κ1) is 14.2. The zero-order valence-electron chi connectivity index (χ0n) is 10.6. The van der Waals surface area contributed by atoms with Gasteiger partial charge in [-0.05, 0) is 26.8 Å². The standard InChI is InChI=1S/C11H26N4/c1-5-7-13-11(12)14-8-9-15(4)10(3)6-2/h10H,5-9H2,1-4H3,(H3,12,13,14). The topological polar surface area (TPSA) is 53.6 Å². The van der Waals surface area contributed by atoms with Crippen molar-refractivity contribution in [2.75, 3.05) is 26.7 Å². The highest BCUT2D eigenvalue weighted by molar-refractivity contribution is 5.77. The maximum Gasteiger partial charge on any atom is 0.188 e. The van der Waals surface area contributed by atoms with Crippen molar-refractivity contribution in [3.63, 3.8) is 0 Å². The van der Waals surface area contributed by atoms with Crippen LogP contribution in [0, 0.1) is 0 Å². The third-order valence-corrected chi connectivity index (χ3v) is 2.62. The Morgan fingerprint density at radius 1 is 1.47 bits per heavy atom. The van der Waals surface area contributed by atoms with Crippen LogP contribution in [0.15, 0.2) is 4.99 Å². The van der Waals surface area contributed by atoms with Crippen molar-refractivity contribution in [1.82, 2.24) is 10.2 Å². The number of aliphatic imine (C=N–C) groups is 1. The lowest BCUT2D eigenvalue weighted by Gasteiger charge is -2.23. The molecule has 0 amide bonds. The third kappa shape index (κ3) is 7.19. The van der Waals surface area contributed by atoms with E-state index >= 15 is 0 Å². The molecule has 4 heteroatoms. The molecule has 0 fully saturated rings. The summed E-state index contributed by atoms with van der Waals surface area (Å²) in [5, 5.41) is 3.11. The van der Waals surface area contributed by atoms with E-state index in [1.807, 2.05) is 0 Å². The fourth-order valence-corrected chi connectivity index (χ4v) is 1.18. The largest absolute Gasteiger partial charge is 0.370 e. The third-order valence-electron chi connectivity index (χ3n) is 2.62. The summed E-state index contributed by atoms with van der Waals surface area (Å²) in [6.45, 7) is 9.19. The maximum absolute atomic E-state index is 5.67. The molecule has 4 nitrogen and oxygen atoms in total. The van der Waals surface area contributed by atoms with Crippen molar-refractivity contribution in [2.45, 2.75) is 39.7 Å². The van der Waals surface area contributed by atoms with E-state index in [4.69, 9.17) is 5.73 Å². The van der Waals surface area contributed by atoms with E-state index in [2.05, 4.69) is 43.0 Å². The highest BCUT2D eigenvalue weighted by Crippen LogP contribution is 1.97. The fraction of sp³-hybridized carbons (Fsp3) is 0.909. The molecule has 15 heavy (non-hydrogen) atoms. The number of nitrogens with one attached hydrogen (secondary N) is 1. The molecule has 0 aromatic carbocycles. The lowest BCUT2D eigenvalue weighted by atomic mass is 10.2. The molecule has 0 aliphatic carbocycles. The number of rotatable bonds is 7. The summed E-state index contributed by atoms with van der Waals surface area (Å²) in [5.41, 5.74) is 5.67. The normalized spacial score (nSPS) is 14.3.